The van der Waals surface area contributed by atoms with Gasteiger partial charge in [0.15, 0.2) is 5.78 Å². The second-order valence-corrected chi connectivity index (χ2v) is 6.27. The Morgan fingerprint density at radius 1 is 1.00 bits per heavy atom. The number of rotatable bonds is 5. The number of hydrazine groups is 1. The van der Waals surface area contributed by atoms with Crippen LogP contribution in [0.15, 0.2) is 46.3 Å². The molecule has 0 radical (unpaired) electrons. The Labute approximate surface area is 139 Å². The van der Waals surface area contributed by atoms with Crippen molar-refractivity contribution in [3.63, 3.8) is 0 Å². The number of carbonyl (C=O) groups excluding carboxylic acids is 3. The molecule has 0 bridgehead atoms. The summed E-state index contributed by atoms with van der Waals surface area (Å²) in [7, 11) is 0. The Kier molecular flexibility index (Phi) is 5.85. The normalized spacial score (nSPS) is 10.0. The van der Waals surface area contributed by atoms with E-state index in [9.17, 15) is 14.4 Å². The van der Waals surface area contributed by atoms with Crippen LogP contribution in [0.1, 0.15) is 32.9 Å². The number of nitrogens with one attached hydrogen (secondary N) is 2. The number of ketones is 1. The van der Waals surface area contributed by atoms with Crippen LogP contribution in [-0.4, -0.2) is 17.6 Å². The molecule has 0 aliphatic rings. The Morgan fingerprint density at radius 2 is 1.73 bits per heavy atom. The van der Waals surface area contributed by atoms with Crippen molar-refractivity contribution in [3.05, 3.63) is 56.7 Å². The molecular formula is C15H13BrN2O3S. The summed E-state index contributed by atoms with van der Waals surface area (Å²) in [5.41, 5.74) is 5.04. The van der Waals surface area contributed by atoms with E-state index in [0.29, 0.717) is 10.4 Å². The molecule has 0 unspecified atom stereocenters. The molecule has 22 heavy (non-hydrogen) atoms. The van der Waals surface area contributed by atoms with E-state index in [1.165, 1.54) is 11.3 Å². The Morgan fingerprint density at radius 3 is 2.36 bits per heavy atom. The largest absolute Gasteiger partial charge is 0.293 e. The Bertz CT molecular complexity index is 669. The third-order valence-electron chi connectivity index (χ3n) is 2.80. The standard InChI is InChI=1S/C15H13BrN2O3S/c16-11-5-3-10(4-6-11)15(21)18-17-14(20)8-7-12(19)13-2-1-9-22-13/h1-6,9H,7-8H2,(H,17,20)(H,18,21). The van der Waals surface area contributed by atoms with Crippen LogP contribution in [0.25, 0.3) is 0 Å². The van der Waals surface area contributed by atoms with Gasteiger partial charge in [-0.1, -0.05) is 22.0 Å². The molecule has 5 nitrogen and oxygen atoms in total. The zero-order valence-electron chi connectivity index (χ0n) is 11.5. The molecule has 114 valence electrons. The molecule has 0 aliphatic heterocycles. The Balaban J connectivity index is 1.74. The summed E-state index contributed by atoms with van der Waals surface area (Å²) in [6.45, 7) is 0. The number of benzene rings is 1. The average Bonchev–Trinajstić information content (AvgIpc) is 3.05. The quantitative estimate of drug-likeness (QED) is 0.618. The third kappa shape index (κ3) is 4.78. The molecule has 2 amide bonds. The summed E-state index contributed by atoms with van der Waals surface area (Å²) in [5.74, 6) is -0.898. The number of Topliss-reactive ketones (excluding diaryl/α,β-unsaturated/α-hetero) is 1. The zero-order chi connectivity index (χ0) is 15.9. The highest BCUT2D eigenvalue weighted by Crippen LogP contribution is 2.12. The van der Waals surface area contributed by atoms with Crippen molar-refractivity contribution in [2.45, 2.75) is 12.8 Å². The van der Waals surface area contributed by atoms with Gasteiger partial charge < -0.3 is 0 Å². The van der Waals surface area contributed by atoms with Gasteiger partial charge in [0, 0.05) is 22.9 Å². The first-order valence-electron chi connectivity index (χ1n) is 6.47. The lowest BCUT2D eigenvalue weighted by Crippen LogP contribution is -2.41. The molecule has 0 spiro atoms. The van der Waals surface area contributed by atoms with Crippen LogP contribution in [0.4, 0.5) is 0 Å². The van der Waals surface area contributed by atoms with Gasteiger partial charge in [0.2, 0.25) is 5.91 Å². The lowest BCUT2D eigenvalue weighted by Gasteiger charge is -2.07. The van der Waals surface area contributed by atoms with Crippen LogP contribution >= 0.6 is 27.3 Å². The molecule has 0 saturated heterocycles. The molecule has 0 aliphatic carbocycles. The second-order valence-electron chi connectivity index (χ2n) is 4.41. The van der Waals surface area contributed by atoms with Crippen molar-refractivity contribution in [2.75, 3.05) is 0 Å². The maximum atomic E-state index is 11.8. The first kappa shape index (κ1) is 16.4. The van der Waals surface area contributed by atoms with Gasteiger partial charge in [-0.15, -0.1) is 11.3 Å². The maximum Gasteiger partial charge on any atom is 0.269 e. The van der Waals surface area contributed by atoms with Crippen molar-refractivity contribution in [1.29, 1.82) is 0 Å². The summed E-state index contributed by atoms with van der Waals surface area (Å²) in [4.78, 5) is 35.8. The highest BCUT2D eigenvalue weighted by molar-refractivity contribution is 9.10. The minimum atomic E-state index is -0.412. The zero-order valence-corrected chi connectivity index (χ0v) is 13.9. The van der Waals surface area contributed by atoms with Crippen molar-refractivity contribution in [2.24, 2.45) is 0 Å². The van der Waals surface area contributed by atoms with E-state index < -0.39 is 11.8 Å². The summed E-state index contributed by atoms with van der Waals surface area (Å²) < 4.78 is 0.861. The van der Waals surface area contributed by atoms with E-state index in [-0.39, 0.29) is 18.6 Å². The van der Waals surface area contributed by atoms with Crippen LogP contribution in [0.2, 0.25) is 0 Å². The number of thiophene rings is 1. The van der Waals surface area contributed by atoms with Gasteiger partial charge in [-0.3, -0.25) is 25.2 Å². The highest BCUT2D eigenvalue weighted by Gasteiger charge is 2.11. The first-order valence-corrected chi connectivity index (χ1v) is 8.15. The minimum Gasteiger partial charge on any atom is -0.293 e. The van der Waals surface area contributed by atoms with Crippen LogP contribution in [0.3, 0.4) is 0 Å². The van der Waals surface area contributed by atoms with E-state index in [0.717, 1.165) is 4.47 Å². The fourth-order valence-electron chi connectivity index (χ4n) is 1.65. The van der Waals surface area contributed by atoms with E-state index >= 15 is 0 Å². The molecule has 1 heterocycles. The molecule has 0 saturated carbocycles. The van der Waals surface area contributed by atoms with Crippen molar-refractivity contribution in [3.8, 4) is 0 Å². The lowest BCUT2D eigenvalue weighted by atomic mass is 10.2. The first-order chi connectivity index (χ1) is 10.6. The number of carbonyl (C=O) groups is 3. The molecule has 2 N–H and O–H groups in total. The number of halogens is 1. The van der Waals surface area contributed by atoms with Gasteiger partial charge in [-0.2, -0.15) is 0 Å². The molecule has 1 aromatic heterocycles. The van der Waals surface area contributed by atoms with Crippen molar-refractivity contribution >= 4 is 44.9 Å². The van der Waals surface area contributed by atoms with E-state index in [1.807, 2.05) is 5.38 Å². The number of hydrogen-bond donors (Lipinski definition) is 2. The predicted molar refractivity (Wildman–Crippen MR) is 87.6 cm³/mol. The predicted octanol–water partition coefficient (Wildman–Crippen LogP) is 2.93. The molecule has 0 atom stereocenters. The number of amides is 2. The van der Waals surface area contributed by atoms with Crippen LogP contribution in [0.5, 0.6) is 0 Å². The van der Waals surface area contributed by atoms with Gasteiger partial charge in [0.25, 0.3) is 5.91 Å². The summed E-state index contributed by atoms with van der Waals surface area (Å²) in [6, 6.07) is 10.2. The average molecular weight is 381 g/mol. The summed E-state index contributed by atoms with van der Waals surface area (Å²) in [6.07, 6.45) is 0.137. The smallest absolute Gasteiger partial charge is 0.269 e. The molecule has 1 aromatic carbocycles. The van der Waals surface area contributed by atoms with E-state index in [4.69, 9.17) is 0 Å². The number of hydrogen-bond acceptors (Lipinski definition) is 4. The van der Waals surface area contributed by atoms with E-state index in [1.54, 1.807) is 36.4 Å². The highest BCUT2D eigenvalue weighted by atomic mass is 79.9. The molecule has 7 heteroatoms. The maximum absolute atomic E-state index is 11.8. The van der Waals surface area contributed by atoms with Gasteiger partial charge in [0.1, 0.15) is 0 Å². The van der Waals surface area contributed by atoms with Gasteiger partial charge in [-0.25, -0.2) is 0 Å². The fraction of sp³-hybridized carbons (Fsp3) is 0.133. The van der Waals surface area contributed by atoms with Crippen LogP contribution in [-0.2, 0) is 4.79 Å². The van der Waals surface area contributed by atoms with E-state index in [2.05, 4.69) is 26.8 Å². The third-order valence-corrected chi connectivity index (χ3v) is 4.24. The monoisotopic (exact) mass is 380 g/mol. The van der Waals surface area contributed by atoms with Crippen LogP contribution in [0, 0.1) is 0 Å². The topological polar surface area (TPSA) is 75.3 Å². The minimum absolute atomic E-state index is 0.0251. The second kappa shape index (κ2) is 7.86. The molecular weight excluding hydrogens is 368 g/mol. The molecule has 2 aromatic rings. The van der Waals surface area contributed by atoms with Gasteiger partial charge >= 0.3 is 0 Å². The van der Waals surface area contributed by atoms with Crippen molar-refractivity contribution < 1.29 is 14.4 Å². The molecule has 2 rings (SSSR count). The summed E-state index contributed by atoms with van der Waals surface area (Å²) >= 11 is 4.62. The molecule has 0 fully saturated rings. The van der Waals surface area contributed by atoms with Crippen LogP contribution < -0.4 is 10.9 Å². The Hall–Kier alpha value is -1.99. The lowest BCUT2D eigenvalue weighted by molar-refractivity contribution is -0.121. The van der Waals surface area contributed by atoms with Crippen molar-refractivity contribution in [1.82, 2.24) is 10.9 Å². The summed E-state index contributed by atoms with van der Waals surface area (Å²) in [5, 5.41) is 1.81. The van der Waals surface area contributed by atoms with Gasteiger partial charge in [0.05, 0.1) is 4.88 Å². The van der Waals surface area contributed by atoms with Gasteiger partial charge in [-0.05, 0) is 35.7 Å². The fourth-order valence-corrected chi connectivity index (χ4v) is 2.61. The SMILES string of the molecule is O=C(CCC(=O)c1cccs1)NNC(=O)c1ccc(Br)cc1.